The molecule has 1 saturated heterocycles. The van der Waals surface area contributed by atoms with Crippen LogP contribution < -0.4 is 15.2 Å². The summed E-state index contributed by atoms with van der Waals surface area (Å²) in [6, 6.07) is 9.86. The lowest BCUT2D eigenvalue weighted by Crippen LogP contribution is -2.45. The van der Waals surface area contributed by atoms with Crippen molar-refractivity contribution >= 4 is 27.6 Å². The zero-order valence-electron chi connectivity index (χ0n) is 17.2. The van der Waals surface area contributed by atoms with Gasteiger partial charge in [-0.1, -0.05) is 11.3 Å². The van der Waals surface area contributed by atoms with Crippen LogP contribution in [0.15, 0.2) is 36.5 Å². The molecule has 158 valence electrons. The van der Waals surface area contributed by atoms with Crippen LogP contribution in [0.3, 0.4) is 0 Å². The van der Waals surface area contributed by atoms with Gasteiger partial charge in [-0.15, -0.1) is 0 Å². The van der Waals surface area contributed by atoms with E-state index in [0.29, 0.717) is 29.2 Å². The largest absolute Gasteiger partial charge is 0.492 e. The highest BCUT2D eigenvalue weighted by Crippen LogP contribution is 2.32. The van der Waals surface area contributed by atoms with Crippen molar-refractivity contribution in [3.63, 3.8) is 0 Å². The van der Waals surface area contributed by atoms with Crippen LogP contribution in [0, 0.1) is 12.8 Å². The number of benzene rings is 1. The van der Waals surface area contributed by atoms with Crippen LogP contribution in [0.1, 0.15) is 25.3 Å². The zero-order chi connectivity index (χ0) is 21.1. The highest BCUT2D eigenvalue weighted by molar-refractivity contribution is 7.20. The van der Waals surface area contributed by atoms with E-state index in [1.54, 1.807) is 6.20 Å². The Morgan fingerprint density at radius 3 is 2.73 bits per heavy atom. The van der Waals surface area contributed by atoms with Crippen LogP contribution in [-0.4, -0.2) is 46.5 Å². The summed E-state index contributed by atoms with van der Waals surface area (Å²) in [5.74, 6) is 1.32. The normalized spacial score (nSPS) is 19.7. The van der Waals surface area contributed by atoms with Gasteiger partial charge < -0.3 is 15.2 Å². The average Bonchev–Trinajstić information content (AvgIpc) is 3.14. The van der Waals surface area contributed by atoms with E-state index < -0.39 is 0 Å². The predicted octanol–water partition coefficient (Wildman–Crippen LogP) is 3.76. The van der Waals surface area contributed by atoms with Gasteiger partial charge >= 0.3 is 0 Å². The maximum absolute atomic E-state index is 11.4. The molecule has 2 atom stereocenters. The molecule has 2 aromatic heterocycles. The number of fused-ring (bicyclic) bond motifs is 1. The number of hydrogen-bond acceptors (Lipinski definition) is 7. The Balaban J connectivity index is 1.27. The van der Waals surface area contributed by atoms with Gasteiger partial charge in [-0.2, -0.15) is 4.98 Å². The Morgan fingerprint density at radius 2 is 2.03 bits per heavy atom. The number of nitrogens with zero attached hydrogens (tertiary/aromatic N) is 3. The Morgan fingerprint density at radius 1 is 1.27 bits per heavy atom. The maximum atomic E-state index is 11.4. The van der Waals surface area contributed by atoms with Crippen LogP contribution in [0.25, 0.3) is 10.3 Å². The Kier molecular flexibility index (Phi) is 6.15. The van der Waals surface area contributed by atoms with Crippen molar-refractivity contribution < 1.29 is 14.3 Å². The second kappa shape index (κ2) is 8.97. The number of aryl methyl sites for hydroxylation is 1. The molecule has 1 amide bonds. The monoisotopic (exact) mass is 426 g/mol. The molecule has 1 fully saturated rings. The van der Waals surface area contributed by atoms with Crippen LogP contribution in [0.5, 0.6) is 16.7 Å². The van der Waals surface area contributed by atoms with E-state index in [4.69, 9.17) is 15.2 Å². The smallest absolute Gasteiger partial charge is 0.281 e. The van der Waals surface area contributed by atoms with Gasteiger partial charge in [0.1, 0.15) is 18.1 Å². The third-order valence-electron chi connectivity index (χ3n) is 5.56. The number of carbonyl (C=O) groups excluding carboxylic acids is 1. The standard InChI is InChI=1S/C22H26N4O3S/c1-14-7-9-24-21-19(14)30-22(25-21)29-18-5-3-17(4-6-18)28-12-11-26-10-8-16(20(23)27)13-15(26)2/h3-7,9,15-16H,8,10-13H2,1-2H3,(H2,23,27). The quantitative estimate of drug-likeness (QED) is 0.619. The third kappa shape index (κ3) is 4.71. The van der Waals surface area contributed by atoms with Crippen molar-refractivity contribution in [1.82, 2.24) is 14.9 Å². The van der Waals surface area contributed by atoms with E-state index in [1.165, 1.54) is 11.3 Å². The van der Waals surface area contributed by atoms with Gasteiger partial charge in [0.25, 0.3) is 5.19 Å². The summed E-state index contributed by atoms with van der Waals surface area (Å²) >= 11 is 1.49. The fourth-order valence-corrected chi connectivity index (χ4v) is 4.64. The number of aromatic nitrogens is 2. The lowest BCUT2D eigenvalue weighted by molar-refractivity contribution is -0.123. The molecule has 0 spiro atoms. The molecule has 2 N–H and O–H groups in total. The zero-order valence-corrected chi connectivity index (χ0v) is 18.0. The summed E-state index contributed by atoms with van der Waals surface area (Å²) in [5, 5.41) is 0.578. The number of hydrogen-bond donors (Lipinski definition) is 1. The number of ether oxygens (including phenoxy) is 2. The molecule has 8 heteroatoms. The summed E-state index contributed by atoms with van der Waals surface area (Å²) < 4.78 is 12.8. The Labute approximate surface area is 179 Å². The number of rotatable bonds is 7. The summed E-state index contributed by atoms with van der Waals surface area (Å²) in [4.78, 5) is 22.4. The van der Waals surface area contributed by atoms with Gasteiger partial charge in [-0.3, -0.25) is 9.69 Å². The maximum Gasteiger partial charge on any atom is 0.281 e. The first-order chi connectivity index (χ1) is 14.5. The number of thiazole rings is 1. The molecule has 7 nitrogen and oxygen atoms in total. The highest BCUT2D eigenvalue weighted by atomic mass is 32.1. The number of nitrogens with two attached hydrogens (primary N) is 1. The molecule has 30 heavy (non-hydrogen) atoms. The van der Waals surface area contributed by atoms with Gasteiger partial charge in [0, 0.05) is 24.7 Å². The molecule has 3 aromatic rings. The van der Waals surface area contributed by atoms with E-state index in [2.05, 4.69) is 21.8 Å². The van der Waals surface area contributed by atoms with Gasteiger partial charge in [-0.05, 0) is 69.1 Å². The Bertz CT molecular complexity index is 1020. The van der Waals surface area contributed by atoms with Crippen molar-refractivity contribution in [3.8, 4) is 16.7 Å². The molecular weight excluding hydrogens is 400 g/mol. The van der Waals surface area contributed by atoms with Crippen molar-refractivity contribution in [2.75, 3.05) is 19.7 Å². The summed E-state index contributed by atoms with van der Waals surface area (Å²) in [6.45, 7) is 6.47. The van der Waals surface area contributed by atoms with Crippen molar-refractivity contribution in [2.45, 2.75) is 32.7 Å². The van der Waals surface area contributed by atoms with E-state index in [0.717, 1.165) is 41.9 Å². The van der Waals surface area contributed by atoms with E-state index >= 15 is 0 Å². The number of amides is 1. The molecule has 0 saturated carbocycles. The van der Waals surface area contributed by atoms with Gasteiger partial charge in [0.2, 0.25) is 5.91 Å². The number of carbonyl (C=O) groups is 1. The number of piperidine rings is 1. The average molecular weight is 427 g/mol. The minimum atomic E-state index is -0.183. The molecule has 1 aliphatic heterocycles. The molecule has 1 aliphatic rings. The number of primary amides is 1. The second-order valence-electron chi connectivity index (χ2n) is 7.69. The molecule has 1 aromatic carbocycles. The van der Waals surface area contributed by atoms with Gasteiger partial charge in [0.15, 0.2) is 5.65 Å². The molecule has 3 heterocycles. The molecule has 4 rings (SSSR count). The molecular formula is C22H26N4O3S. The molecule has 2 unspecified atom stereocenters. The molecule has 0 aliphatic carbocycles. The van der Waals surface area contributed by atoms with Crippen LogP contribution >= 0.6 is 11.3 Å². The first-order valence-electron chi connectivity index (χ1n) is 10.2. The van der Waals surface area contributed by atoms with E-state index in [9.17, 15) is 4.79 Å². The number of likely N-dealkylation sites (tertiary alicyclic amines) is 1. The van der Waals surface area contributed by atoms with E-state index in [-0.39, 0.29) is 11.8 Å². The predicted molar refractivity (Wildman–Crippen MR) is 117 cm³/mol. The van der Waals surface area contributed by atoms with Crippen molar-refractivity contribution in [2.24, 2.45) is 11.7 Å². The SMILES string of the molecule is Cc1ccnc2nc(Oc3ccc(OCCN4CCC(C(N)=O)CC4C)cc3)sc12. The summed E-state index contributed by atoms with van der Waals surface area (Å²) in [7, 11) is 0. The Hall–Kier alpha value is -2.71. The van der Waals surface area contributed by atoms with Crippen molar-refractivity contribution in [3.05, 3.63) is 42.1 Å². The lowest BCUT2D eigenvalue weighted by atomic mass is 9.91. The topological polar surface area (TPSA) is 90.6 Å². The molecule has 0 bridgehead atoms. The minimum Gasteiger partial charge on any atom is -0.492 e. The van der Waals surface area contributed by atoms with Gasteiger partial charge in [-0.25, -0.2) is 4.98 Å². The minimum absolute atomic E-state index is 0.000151. The first kappa shape index (κ1) is 20.6. The highest BCUT2D eigenvalue weighted by Gasteiger charge is 2.28. The summed E-state index contributed by atoms with van der Waals surface area (Å²) in [5.41, 5.74) is 7.29. The summed E-state index contributed by atoms with van der Waals surface area (Å²) in [6.07, 6.45) is 3.41. The van der Waals surface area contributed by atoms with Crippen LogP contribution in [-0.2, 0) is 4.79 Å². The third-order valence-corrected chi connectivity index (χ3v) is 6.62. The second-order valence-corrected chi connectivity index (χ2v) is 8.65. The molecule has 0 radical (unpaired) electrons. The first-order valence-corrected chi connectivity index (χ1v) is 11.0. The number of pyridine rings is 1. The fourth-order valence-electron chi connectivity index (χ4n) is 3.77. The van der Waals surface area contributed by atoms with Crippen LogP contribution in [0.4, 0.5) is 0 Å². The fraction of sp³-hybridized carbons (Fsp3) is 0.409. The van der Waals surface area contributed by atoms with E-state index in [1.807, 2.05) is 37.3 Å². The van der Waals surface area contributed by atoms with Gasteiger partial charge in [0.05, 0.1) is 4.70 Å². The van der Waals surface area contributed by atoms with Crippen LogP contribution in [0.2, 0.25) is 0 Å². The lowest BCUT2D eigenvalue weighted by Gasteiger charge is -2.36. The van der Waals surface area contributed by atoms with Crippen molar-refractivity contribution in [1.29, 1.82) is 0 Å².